The molecule has 21 heavy (non-hydrogen) atoms. The Bertz CT molecular complexity index is 616. The van der Waals surface area contributed by atoms with Crippen LogP contribution in [0.4, 0.5) is 0 Å². The molecule has 0 aliphatic carbocycles. The third-order valence-corrected chi connectivity index (χ3v) is 5.71. The summed E-state index contributed by atoms with van der Waals surface area (Å²) in [6.45, 7) is 2.90. The maximum absolute atomic E-state index is 12.4. The van der Waals surface area contributed by atoms with Crippen molar-refractivity contribution in [2.75, 3.05) is 33.2 Å². The molecule has 3 N–H and O–H groups in total. The molecule has 2 rings (SSSR count). The van der Waals surface area contributed by atoms with Crippen LogP contribution in [0, 0.1) is 0 Å². The Labute approximate surface area is 134 Å². The topological polar surface area (TPSA) is 78.7 Å². The second-order valence-corrected chi connectivity index (χ2v) is 7.34. The molecule has 1 aromatic rings. The normalized spacial score (nSPS) is 18.1. The van der Waals surface area contributed by atoms with Gasteiger partial charge < -0.3 is 10.6 Å². The maximum Gasteiger partial charge on any atom is 0.254 e. The van der Waals surface area contributed by atoms with Gasteiger partial charge in [-0.1, -0.05) is 23.2 Å². The van der Waals surface area contributed by atoms with Crippen LogP contribution >= 0.6 is 23.2 Å². The van der Waals surface area contributed by atoms with Crippen molar-refractivity contribution in [3.8, 4) is 0 Å². The minimum atomic E-state index is -3.75. The highest BCUT2D eigenvalue weighted by atomic mass is 35.5. The van der Waals surface area contributed by atoms with Crippen molar-refractivity contribution in [1.29, 1.82) is 0 Å². The number of nitrogens with two attached hydrogens (primary N) is 1. The van der Waals surface area contributed by atoms with E-state index in [1.807, 2.05) is 7.05 Å². The van der Waals surface area contributed by atoms with Gasteiger partial charge in [0.25, 0.3) is 10.0 Å². The van der Waals surface area contributed by atoms with Crippen LogP contribution in [-0.4, -0.2) is 51.6 Å². The van der Waals surface area contributed by atoms with E-state index in [1.54, 1.807) is 5.01 Å². The quantitative estimate of drug-likeness (QED) is 0.841. The molecule has 0 bridgehead atoms. The molecule has 1 aromatic carbocycles. The van der Waals surface area contributed by atoms with E-state index in [2.05, 4.69) is 9.73 Å². The zero-order valence-electron chi connectivity index (χ0n) is 11.6. The molecule has 0 spiro atoms. The number of rotatable bonds is 4. The summed E-state index contributed by atoms with van der Waals surface area (Å²) in [5, 5.41) is 2.11. The molecule has 1 heterocycles. The smallest absolute Gasteiger partial charge is 0.254 e. The first kappa shape index (κ1) is 17.0. The summed E-state index contributed by atoms with van der Waals surface area (Å²) in [4.78, 5) is 4.68. The van der Waals surface area contributed by atoms with Gasteiger partial charge in [0.2, 0.25) is 0 Å². The van der Waals surface area contributed by atoms with Crippen LogP contribution in [-0.2, 0) is 16.6 Å². The van der Waals surface area contributed by atoms with Crippen molar-refractivity contribution < 1.29 is 8.42 Å². The van der Waals surface area contributed by atoms with Gasteiger partial charge in [-0.25, -0.2) is 13.4 Å². The molecule has 1 saturated heterocycles. The van der Waals surface area contributed by atoms with Crippen molar-refractivity contribution in [1.82, 2.24) is 14.7 Å². The lowest BCUT2D eigenvalue weighted by molar-refractivity contribution is 0.135. The van der Waals surface area contributed by atoms with Gasteiger partial charge in [0.05, 0.1) is 5.02 Å². The molecule has 0 unspecified atom stereocenters. The summed E-state index contributed by atoms with van der Waals surface area (Å²) in [7, 11) is -1.75. The van der Waals surface area contributed by atoms with Crippen LogP contribution in [0.15, 0.2) is 17.0 Å². The largest absolute Gasteiger partial charge is 0.326 e. The van der Waals surface area contributed by atoms with Crippen LogP contribution in [0.5, 0.6) is 0 Å². The van der Waals surface area contributed by atoms with E-state index in [0.717, 1.165) is 13.1 Å². The molecular weight excluding hydrogens is 335 g/mol. The van der Waals surface area contributed by atoms with Crippen molar-refractivity contribution in [2.24, 2.45) is 5.73 Å². The molecule has 1 fully saturated rings. The van der Waals surface area contributed by atoms with Gasteiger partial charge in [-0.05, 0) is 19.2 Å². The summed E-state index contributed by atoms with van der Waals surface area (Å²) in [6, 6.07) is 2.89. The SMILES string of the molecule is CN1CCN(NS(=O)(=O)c2ccc(Cl)c(CN)c2Cl)CC1. The minimum Gasteiger partial charge on any atom is -0.326 e. The zero-order chi connectivity index (χ0) is 15.6. The molecule has 1 aliphatic rings. The lowest BCUT2D eigenvalue weighted by Gasteiger charge is -2.32. The molecular formula is C12H18Cl2N4O2S. The molecule has 0 saturated carbocycles. The number of hydrazine groups is 1. The van der Waals surface area contributed by atoms with Crippen LogP contribution in [0.25, 0.3) is 0 Å². The average Bonchev–Trinajstić information content (AvgIpc) is 2.41. The second kappa shape index (κ2) is 6.78. The number of likely N-dealkylation sites (N-methyl/N-ethyl adjacent to an activating group) is 1. The van der Waals surface area contributed by atoms with Gasteiger partial charge in [-0.3, -0.25) is 0 Å². The first-order valence-electron chi connectivity index (χ1n) is 6.48. The highest BCUT2D eigenvalue weighted by Gasteiger charge is 2.25. The van der Waals surface area contributed by atoms with E-state index in [-0.39, 0.29) is 16.5 Å². The Kier molecular flexibility index (Phi) is 5.48. The predicted molar refractivity (Wildman–Crippen MR) is 83.7 cm³/mol. The summed E-state index contributed by atoms with van der Waals surface area (Å²) in [5.41, 5.74) is 5.99. The number of nitrogens with one attached hydrogen (secondary N) is 1. The summed E-state index contributed by atoms with van der Waals surface area (Å²) < 4.78 is 24.9. The number of hydrogen-bond acceptors (Lipinski definition) is 5. The number of halogens is 2. The van der Waals surface area contributed by atoms with E-state index in [9.17, 15) is 8.42 Å². The Morgan fingerprint density at radius 1 is 1.24 bits per heavy atom. The Morgan fingerprint density at radius 2 is 1.86 bits per heavy atom. The molecule has 0 aromatic heterocycles. The van der Waals surface area contributed by atoms with Gasteiger partial charge >= 0.3 is 0 Å². The number of sulfonamides is 1. The fourth-order valence-electron chi connectivity index (χ4n) is 2.09. The first-order chi connectivity index (χ1) is 9.85. The van der Waals surface area contributed by atoms with Crippen molar-refractivity contribution in [2.45, 2.75) is 11.4 Å². The standard InChI is InChI=1S/C12H18Cl2N4O2S/c1-17-4-6-18(7-5-17)16-21(19,20)11-3-2-10(13)9(8-15)12(11)14/h2-3,16H,4-8,15H2,1H3. The zero-order valence-corrected chi connectivity index (χ0v) is 14.0. The fourth-order valence-corrected chi connectivity index (χ4v) is 4.14. The van der Waals surface area contributed by atoms with E-state index >= 15 is 0 Å². The third-order valence-electron chi connectivity index (χ3n) is 3.40. The third kappa shape index (κ3) is 3.87. The lowest BCUT2D eigenvalue weighted by atomic mass is 10.2. The molecule has 0 radical (unpaired) electrons. The van der Waals surface area contributed by atoms with Crippen LogP contribution in [0.3, 0.4) is 0 Å². The van der Waals surface area contributed by atoms with Crippen LogP contribution in [0.2, 0.25) is 10.0 Å². The molecule has 118 valence electrons. The number of hydrogen-bond donors (Lipinski definition) is 2. The van der Waals surface area contributed by atoms with Crippen LogP contribution in [0.1, 0.15) is 5.56 Å². The second-order valence-electron chi connectivity index (χ2n) is 4.93. The molecule has 1 aliphatic heterocycles. The van der Waals surface area contributed by atoms with Crippen molar-refractivity contribution in [3.05, 3.63) is 27.7 Å². The monoisotopic (exact) mass is 352 g/mol. The molecule has 9 heteroatoms. The molecule has 0 atom stereocenters. The van der Waals surface area contributed by atoms with E-state index < -0.39 is 10.0 Å². The Morgan fingerprint density at radius 3 is 2.43 bits per heavy atom. The summed E-state index contributed by atoms with van der Waals surface area (Å²) in [5.74, 6) is 0. The fraction of sp³-hybridized carbons (Fsp3) is 0.500. The predicted octanol–water partition coefficient (Wildman–Crippen LogP) is 0.893. The first-order valence-corrected chi connectivity index (χ1v) is 8.72. The van der Waals surface area contributed by atoms with E-state index in [0.29, 0.717) is 23.7 Å². The maximum atomic E-state index is 12.4. The van der Waals surface area contributed by atoms with Gasteiger partial charge in [-0.15, -0.1) is 4.83 Å². The van der Waals surface area contributed by atoms with Crippen LogP contribution < -0.4 is 10.6 Å². The molecule has 6 nitrogen and oxygen atoms in total. The lowest BCUT2D eigenvalue weighted by Crippen LogP contribution is -2.52. The summed E-state index contributed by atoms with van der Waals surface area (Å²) in [6.07, 6.45) is 0. The van der Waals surface area contributed by atoms with Crippen molar-refractivity contribution in [3.63, 3.8) is 0 Å². The number of nitrogens with zero attached hydrogens (tertiary/aromatic N) is 2. The molecule has 0 amide bonds. The Balaban J connectivity index is 2.24. The summed E-state index contributed by atoms with van der Waals surface area (Å²) >= 11 is 12.1. The highest BCUT2D eigenvalue weighted by molar-refractivity contribution is 7.89. The average molecular weight is 353 g/mol. The minimum absolute atomic E-state index is 0.00653. The number of piperazine rings is 1. The van der Waals surface area contributed by atoms with Crippen molar-refractivity contribution >= 4 is 33.2 Å². The van der Waals surface area contributed by atoms with Gasteiger partial charge in [0.1, 0.15) is 4.90 Å². The van der Waals surface area contributed by atoms with Gasteiger partial charge in [0, 0.05) is 43.3 Å². The van der Waals surface area contributed by atoms with E-state index in [4.69, 9.17) is 28.9 Å². The van der Waals surface area contributed by atoms with Gasteiger partial charge in [0.15, 0.2) is 0 Å². The highest BCUT2D eigenvalue weighted by Crippen LogP contribution is 2.30. The Hall–Kier alpha value is -0.410. The number of benzene rings is 1. The van der Waals surface area contributed by atoms with E-state index in [1.165, 1.54) is 12.1 Å². The van der Waals surface area contributed by atoms with Gasteiger partial charge in [-0.2, -0.15) is 0 Å².